The lowest BCUT2D eigenvalue weighted by molar-refractivity contribution is -0.152. The Morgan fingerprint density at radius 1 is 0.676 bits per heavy atom. The minimum Gasteiger partial charge on any atom is -0.341 e. The average Bonchev–Trinajstić information content (AvgIpc) is 3.22. The molecule has 186 valence electrons. The van der Waals surface area contributed by atoms with Crippen LogP contribution < -0.4 is 0 Å². The van der Waals surface area contributed by atoms with Crippen LogP contribution in [0.3, 0.4) is 0 Å². The summed E-state index contributed by atoms with van der Waals surface area (Å²) in [5.74, 6) is -1.70. The summed E-state index contributed by atoms with van der Waals surface area (Å²) in [5, 5.41) is 0. The summed E-state index contributed by atoms with van der Waals surface area (Å²) in [6, 6.07) is 25.5. The van der Waals surface area contributed by atoms with Gasteiger partial charge >= 0.3 is 0 Å². The van der Waals surface area contributed by atoms with Crippen molar-refractivity contribution in [1.29, 1.82) is 0 Å². The molecule has 3 atom stereocenters. The van der Waals surface area contributed by atoms with E-state index in [-0.39, 0.29) is 29.6 Å². The molecule has 2 heterocycles. The Hall–Kier alpha value is -3.73. The number of carbonyl (C=O) groups excluding carboxylic acids is 3. The molecule has 0 spiro atoms. The van der Waals surface area contributed by atoms with Gasteiger partial charge in [-0.3, -0.25) is 19.3 Å². The molecule has 5 aliphatic rings. The average molecular weight is 491 g/mol. The third-order valence-corrected chi connectivity index (χ3v) is 9.02. The maximum absolute atomic E-state index is 14.3. The molecule has 0 saturated carbocycles. The largest absolute Gasteiger partial charge is 0.341 e. The van der Waals surface area contributed by atoms with Crippen LogP contribution in [0.1, 0.15) is 58.9 Å². The van der Waals surface area contributed by atoms with Crippen LogP contribution in [0, 0.1) is 11.8 Å². The number of nitrogens with zero attached hydrogens (tertiary/aromatic N) is 2. The molecule has 3 unspecified atom stereocenters. The Morgan fingerprint density at radius 2 is 1.14 bits per heavy atom. The molecule has 3 aromatic carbocycles. The van der Waals surface area contributed by atoms with Crippen LogP contribution in [0.5, 0.6) is 0 Å². The highest BCUT2D eigenvalue weighted by molar-refractivity contribution is 6.10. The normalized spacial score (nSPS) is 26.5. The van der Waals surface area contributed by atoms with Crippen LogP contribution in [0.4, 0.5) is 0 Å². The summed E-state index contributed by atoms with van der Waals surface area (Å²) in [4.78, 5) is 45.9. The molecule has 2 fully saturated rings. The van der Waals surface area contributed by atoms with Crippen LogP contribution in [0.2, 0.25) is 0 Å². The van der Waals surface area contributed by atoms with Crippen molar-refractivity contribution >= 4 is 17.7 Å². The van der Waals surface area contributed by atoms with E-state index in [4.69, 9.17) is 0 Å². The van der Waals surface area contributed by atoms with Crippen molar-refractivity contribution in [3.05, 3.63) is 107 Å². The zero-order valence-electron chi connectivity index (χ0n) is 20.8. The zero-order valence-corrected chi connectivity index (χ0v) is 20.8. The van der Waals surface area contributed by atoms with E-state index in [1.54, 1.807) is 0 Å². The van der Waals surface area contributed by atoms with E-state index in [0.717, 1.165) is 47.1 Å². The summed E-state index contributed by atoms with van der Waals surface area (Å²) >= 11 is 0. The van der Waals surface area contributed by atoms with Crippen LogP contribution in [-0.4, -0.2) is 46.7 Å². The van der Waals surface area contributed by atoms with Gasteiger partial charge in [-0.05, 0) is 47.1 Å². The molecule has 3 aliphatic carbocycles. The van der Waals surface area contributed by atoms with Crippen molar-refractivity contribution in [3.63, 3.8) is 0 Å². The van der Waals surface area contributed by atoms with Gasteiger partial charge in [-0.2, -0.15) is 0 Å². The SMILES string of the molecule is O=C(C(Cc1ccccc1)N1C(=O)C2C3c4ccccc4C(c4ccccc43)C2C1=O)N1CCCCC1. The van der Waals surface area contributed by atoms with E-state index >= 15 is 0 Å². The van der Waals surface area contributed by atoms with Crippen molar-refractivity contribution in [2.24, 2.45) is 11.8 Å². The summed E-state index contributed by atoms with van der Waals surface area (Å²) in [6.07, 6.45) is 3.39. The number of imide groups is 1. The molecule has 2 aliphatic heterocycles. The molecular formula is C32H30N2O3. The van der Waals surface area contributed by atoms with E-state index < -0.39 is 17.9 Å². The fourth-order valence-corrected chi connectivity index (χ4v) is 7.46. The van der Waals surface area contributed by atoms with E-state index in [2.05, 4.69) is 24.3 Å². The summed E-state index contributed by atoms with van der Waals surface area (Å²) in [5.41, 5.74) is 5.56. The van der Waals surface area contributed by atoms with Gasteiger partial charge in [0.2, 0.25) is 17.7 Å². The molecule has 3 aromatic rings. The first-order valence-electron chi connectivity index (χ1n) is 13.5. The van der Waals surface area contributed by atoms with Gasteiger partial charge < -0.3 is 4.90 Å². The Labute approximate surface area is 217 Å². The van der Waals surface area contributed by atoms with Crippen molar-refractivity contribution in [1.82, 2.24) is 9.80 Å². The number of rotatable bonds is 4. The van der Waals surface area contributed by atoms with Gasteiger partial charge in [0, 0.05) is 31.3 Å². The number of likely N-dealkylation sites (tertiary alicyclic amines) is 2. The molecule has 37 heavy (non-hydrogen) atoms. The quantitative estimate of drug-likeness (QED) is 0.506. The third kappa shape index (κ3) is 3.33. The van der Waals surface area contributed by atoms with Crippen molar-refractivity contribution < 1.29 is 14.4 Å². The Morgan fingerprint density at radius 3 is 1.62 bits per heavy atom. The molecule has 3 amide bonds. The smallest absolute Gasteiger partial charge is 0.246 e. The first kappa shape index (κ1) is 22.5. The molecule has 0 N–H and O–H groups in total. The highest BCUT2D eigenvalue weighted by Gasteiger charge is 2.63. The molecule has 5 nitrogen and oxygen atoms in total. The van der Waals surface area contributed by atoms with Gasteiger partial charge in [-0.25, -0.2) is 0 Å². The van der Waals surface area contributed by atoms with E-state index in [0.29, 0.717) is 19.5 Å². The van der Waals surface area contributed by atoms with Crippen LogP contribution in [-0.2, 0) is 20.8 Å². The first-order chi connectivity index (χ1) is 18.1. The number of benzene rings is 3. The minimum atomic E-state index is -0.809. The van der Waals surface area contributed by atoms with Gasteiger partial charge in [-0.15, -0.1) is 0 Å². The standard InChI is InChI=1S/C32H30N2O3/c35-30(33-17-9-2-10-18-33)25(19-20-11-3-1-4-12-20)34-31(36)28-26-21-13-5-6-14-22(21)27(29(28)32(34)37)24-16-8-7-15-23(24)26/h1,3-8,11-16,25-29H,2,9-10,17-19H2. The van der Waals surface area contributed by atoms with Crippen LogP contribution in [0.25, 0.3) is 0 Å². The lowest BCUT2D eigenvalue weighted by Gasteiger charge is -2.45. The maximum atomic E-state index is 14.3. The Bertz CT molecular complexity index is 1280. The fraction of sp³-hybridized carbons (Fsp3) is 0.344. The number of amides is 3. The minimum absolute atomic E-state index is 0.0914. The molecule has 5 heteroatoms. The Kier molecular flexibility index (Phi) is 5.27. The van der Waals surface area contributed by atoms with Gasteiger partial charge in [0.05, 0.1) is 11.8 Å². The maximum Gasteiger partial charge on any atom is 0.246 e. The molecule has 2 saturated heterocycles. The van der Waals surface area contributed by atoms with E-state index in [1.165, 1.54) is 4.90 Å². The van der Waals surface area contributed by atoms with Gasteiger partial charge in [0.15, 0.2) is 0 Å². The third-order valence-electron chi connectivity index (χ3n) is 9.02. The molecule has 0 aromatic heterocycles. The molecule has 0 radical (unpaired) electrons. The number of piperidine rings is 1. The van der Waals surface area contributed by atoms with Gasteiger partial charge in [0.25, 0.3) is 0 Å². The first-order valence-corrected chi connectivity index (χ1v) is 13.5. The lowest BCUT2D eigenvalue weighted by atomic mass is 9.55. The van der Waals surface area contributed by atoms with Crippen molar-refractivity contribution in [2.75, 3.05) is 13.1 Å². The molecular weight excluding hydrogens is 460 g/mol. The Balaban J connectivity index is 1.32. The fourth-order valence-electron chi connectivity index (χ4n) is 7.46. The van der Waals surface area contributed by atoms with Crippen molar-refractivity contribution in [2.45, 2.75) is 43.6 Å². The highest BCUT2D eigenvalue weighted by Crippen LogP contribution is 2.61. The molecule has 8 rings (SSSR count). The van der Waals surface area contributed by atoms with Crippen molar-refractivity contribution in [3.8, 4) is 0 Å². The zero-order chi connectivity index (χ0) is 25.1. The predicted molar refractivity (Wildman–Crippen MR) is 140 cm³/mol. The van der Waals surface area contributed by atoms with Gasteiger partial charge in [-0.1, -0.05) is 78.9 Å². The van der Waals surface area contributed by atoms with E-state index in [9.17, 15) is 14.4 Å². The second-order valence-corrected chi connectivity index (χ2v) is 10.9. The van der Waals surface area contributed by atoms with Crippen LogP contribution in [0.15, 0.2) is 78.9 Å². The van der Waals surface area contributed by atoms with Gasteiger partial charge in [0.1, 0.15) is 6.04 Å². The molecule has 2 bridgehead atoms. The summed E-state index contributed by atoms with van der Waals surface area (Å²) in [7, 11) is 0. The number of carbonyl (C=O) groups is 3. The monoisotopic (exact) mass is 490 g/mol. The summed E-state index contributed by atoms with van der Waals surface area (Å²) < 4.78 is 0. The second kappa shape index (κ2) is 8.69. The second-order valence-electron chi connectivity index (χ2n) is 10.9. The predicted octanol–water partition coefficient (Wildman–Crippen LogP) is 4.50. The van der Waals surface area contributed by atoms with E-state index in [1.807, 2.05) is 59.5 Å². The highest BCUT2D eigenvalue weighted by atomic mass is 16.2. The lowest BCUT2D eigenvalue weighted by Crippen LogP contribution is -2.53. The number of hydrogen-bond acceptors (Lipinski definition) is 3. The van der Waals surface area contributed by atoms with Crippen LogP contribution >= 0.6 is 0 Å². The number of hydrogen-bond donors (Lipinski definition) is 0. The summed E-state index contributed by atoms with van der Waals surface area (Å²) in [6.45, 7) is 1.38. The topological polar surface area (TPSA) is 57.7 Å².